The standard InChI is InChI=1S/C21H25NO3S2/c1-14(2)15-4-7-17(8-5-15)22-20(23)13-25-18-9-6-16(12-19(18)24-3)21-26-10-11-27-21/h4-9,12,14,21H,10-11,13H2,1-3H3,(H,22,23). The number of carbonyl (C=O) groups is 1. The maximum absolute atomic E-state index is 12.2. The lowest BCUT2D eigenvalue weighted by Crippen LogP contribution is -2.20. The molecule has 6 heteroatoms. The van der Waals surface area contributed by atoms with Crippen LogP contribution >= 0.6 is 23.5 Å². The van der Waals surface area contributed by atoms with Crippen molar-refractivity contribution in [3.05, 3.63) is 53.6 Å². The number of nitrogens with one attached hydrogen (secondary N) is 1. The van der Waals surface area contributed by atoms with Crippen molar-refractivity contribution >= 4 is 35.1 Å². The van der Waals surface area contributed by atoms with E-state index < -0.39 is 0 Å². The minimum atomic E-state index is -0.194. The molecular weight excluding hydrogens is 378 g/mol. The first kappa shape index (κ1) is 20.0. The fourth-order valence-corrected chi connectivity index (χ4v) is 5.63. The molecule has 0 radical (unpaired) electrons. The summed E-state index contributed by atoms with van der Waals surface area (Å²) >= 11 is 3.89. The molecule has 0 bridgehead atoms. The Labute approximate surface area is 169 Å². The van der Waals surface area contributed by atoms with Gasteiger partial charge in [-0.2, -0.15) is 0 Å². The molecule has 0 unspecified atom stereocenters. The minimum absolute atomic E-state index is 0.0609. The zero-order valence-electron chi connectivity index (χ0n) is 15.9. The maximum Gasteiger partial charge on any atom is 0.262 e. The van der Waals surface area contributed by atoms with E-state index in [9.17, 15) is 4.79 Å². The Morgan fingerprint density at radius 2 is 1.81 bits per heavy atom. The number of carbonyl (C=O) groups excluding carboxylic acids is 1. The Morgan fingerprint density at radius 3 is 2.44 bits per heavy atom. The number of benzene rings is 2. The highest BCUT2D eigenvalue weighted by atomic mass is 32.2. The fraction of sp³-hybridized carbons (Fsp3) is 0.381. The molecule has 3 rings (SSSR count). The summed E-state index contributed by atoms with van der Waals surface area (Å²) in [7, 11) is 1.62. The van der Waals surface area contributed by atoms with Crippen molar-refractivity contribution in [1.29, 1.82) is 0 Å². The molecule has 1 amide bonds. The molecule has 0 aromatic heterocycles. The number of anilines is 1. The Morgan fingerprint density at radius 1 is 1.11 bits per heavy atom. The lowest BCUT2D eigenvalue weighted by atomic mass is 10.0. The molecule has 1 N–H and O–H groups in total. The number of hydrogen-bond donors (Lipinski definition) is 1. The van der Waals surface area contributed by atoms with E-state index in [0.29, 0.717) is 22.0 Å². The van der Waals surface area contributed by atoms with Gasteiger partial charge in [0.1, 0.15) is 0 Å². The molecule has 2 aromatic carbocycles. The van der Waals surface area contributed by atoms with Crippen LogP contribution in [-0.4, -0.2) is 31.1 Å². The van der Waals surface area contributed by atoms with E-state index in [1.54, 1.807) is 7.11 Å². The predicted molar refractivity (Wildman–Crippen MR) is 115 cm³/mol. The van der Waals surface area contributed by atoms with Gasteiger partial charge in [0.05, 0.1) is 11.7 Å². The van der Waals surface area contributed by atoms with Crippen molar-refractivity contribution in [3.8, 4) is 11.5 Å². The summed E-state index contributed by atoms with van der Waals surface area (Å²) in [6, 6.07) is 13.8. The smallest absolute Gasteiger partial charge is 0.262 e. The minimum Gasteiger partial charge on any atom is -0.493 e. The molecule has 1 heterocycles. The third kappa shape index (κ3) is 5.36. The van der Waals surface area contributed by atoms with E-state index in [1.807, 2.05) is 59.9 Å². The van der Waals surface area contributed by atoms with Gasteiger partial charge in [0, 0.05) is 17.2 Å². The van der Waals surface area contributed by atoms with Crippen molar-refractivity contribution < 1.29 is 14.3 Å². The summed E-state index contributed by atoms with van der Waals surface area (Å²) in [5.74, 6) is 3.87. The molecule has 1 aliphatic rings. The quantitative estimate of drug-likeness (QED) is 0.678. The molecule has 2 aromatic rings. The zero-order chi connectivity index (χ0) is 19.2. The largest absolute Gasteiger partial charge is 0.493 e. The summed E-state index contributed by atoms with van der Waals surface area (Å²) in [5.41, 5.74) is 3.24. The van der Waals surface area contributed by atoms with Gasteiger partial charge in [0.25, 0.3) is 5.91 Å². The molecule has 0 atom stereocenters. The first-order valence-electron chi connectivity index (χ1n) is 9.00. The monoisotopic (exact) mass is 403 g/mol. The van der Waals surface area contributed by atoms with E-state index in [2.05, 4.69) is 25.2 Å². The van der Waals surface area contributed by atoms with Crippen LogP contribution in [0, 0.1) is 0 Å². The van der Waals surface area contributed by atoms with Crippen LogP contribution < -0.4 is 14.8 Å². The highest BCUT2D eigenvalue weighted by Crippen LogP contribution is 2.46. The van der Waals surface area contributed by atoms with Crippen LogP contribution in [0.5, 0.6) is 11.5 Å². The number of thioether (sulfide) groups is 2. The van der Waals surface area contributed by atoms with Crippen LogP contribution in [0.25, 0.3) is 0 Å². The van der Waals surface area contributed by atoms with Gasteiger partial charge in [-0.3, -0.25) is 4.79 Å². The van der Waals surface area contributed by atoms with Crippen molar-refractivity contribution in [1.82, 2.24) is 0 Å². The molecule has 27 heavy (non-hydrogen) atoms. The topological polar surface area (TPSA) is 47.6 Å². The summed E-state index contributed by atoms with van der Waals surface area (Å²) in [5, 5.41) is 2.86. The number of ether oxygens (including phenoxy) is 2. The van der Waals surface area contributed by atoms with Crippen molar-refractivity contribution in [2.75, 3.05) is 30.5 Å². The van der Waals surface area contributed by atoms with Gasteiger partial charge in [-0.1, -0.05) is 32.0 Å². The van der Waals surface area contributed by atoms with E-state index >= 15 is 0 Å². The summed E-state index contributed by atoms with van der Waals surface area (Å²) in [4.78, 5) is 12.2. The average Bonchev–Trinajstić information content (AvgIpc) is 3.21. The second kappa shape index (κ2) is 9.42. The normalized spacial score (nSPS) is 14.4. The zero-order valence-corrected chi connectivity index (χ0v) is 17.5. The van der Waals surface area contributed by atoms with E-state index in [1.165, 1.54) is 22.6 Å². The molecule has 0 aliphatic carbocycles. The number of hydrogen-bond acceptors (Lipinski definition) is 5. The van der Waals surface area contributed by atoms with Gasteiger partial charge >= 0.3 is 0 Å². The first-order chi connectivity index (χ1) is 13.1. The number of amides is 1. The van der Waals surface area contributed by atoms with E-state index in [4.69, 9.17) is 9.47 Å². The lowest BCUT2D eigenvalue weighted by Gasteiger charge is -2.14. The van der Waals surface area contributed by atoms with Crippen LogP contribution in [0.4, 0.5) is 5.69 Å². The Kier molecular flexibility index (Phi) is 6.96. The highest BCUT2D eigenvalue weighted by Gasteiger charge is 2.20. The second-order valence-corrected chi connectivity index (χ2v) is 9.32. The highest BCUT2D eigenvalue weighted by molar-refractivity contribution is 8.19. The van der Waals surface area contributed by atoms with Gasteiger partial charge in [-0.15, -0.1) is 23.5 Å². The summed E-state index contributed by atoms with van der Waals surface area (Å²) in [6.45, 7) is 4.23. The maximum atomic E-state index is 12.2. The average molecular weight is 404 g/mol. The molecule has 4 nitrogen and oxygen atoms in total. The van der Waals surface area contributed by atoms with Gasteiger partial charge < -0.3 is 14.8 Å². The molecule has 0 spiro atoms. The van der Waals surface area contributed by atoms with Crippen molar-refractivity contribution in [3.63, 3.8) is 0 Å². The van der Waals surface area contributed by atoms with Gasteiger partial charge in [0.15, 0.2) is 18.1 Å². The fourth-order valence-electron chi connectivity index (χ4n) is 2.79. The van der Waals surface area contributed by atoms with Crippen LogP contribution in [0.3, 0.4) is 0 Å². The van der Waals surface area contributed by atoms with Crippen molar-refractivity contribution in [2.24, 2.45) is 0 Å². The Hall–Kier alpha value is -1.79. The molecule has 0 saturated carbocycles. The van der Waals surface area contributed by atoms with E-state index in [-0.39, 0.29) is 12.5 Å². The van der Waals surface area contributed by atoms with Gasteiger partial charge in [-0.05, 0) is 41.3 Å². The van der Waals surface area contributed by atoms with Crippen LogP contribution in [0.2, 0.25) is 0 Å². The molecular formula is C21H25NO3S2. The van der Waals surface area contributed by atoms with Crippen LogP contribution in [0.15, 0.2) is 42.5 Å². The van der Waals surface area contributed by atoms with Gasteiger partial charge in [-0.25, -0.2) is 0 Å². The lowest BCUT2D eigenvalue weighted by molar-refractivity contribution is -0.118. The van der Waals surface area contributed by atoms with Crippen LogP contribution in [-0.2, 0) is 4.79 Å². The first-order valence-corrected chi connectivity index (χ1v) is 11.1. The van der Waals surface area contributed by atoms with Crippen molar-refractivity contribution in [2.45, 2.75) is 24.3 Å². The SMILES string of the molecule is COc1cc(C2SCCS2)ccc1OCC(=O)Nc1ccc(C(C)C)cc1. The molecule has 144 valence electrons. The summed E-state index contributed by atoms with van der Waals surface area (Å²) in [6.07, 6.45) is 0. The van der Waals surface area contributed by atoms with Crippen LogP contribution in [0.1, 0.15) is 35.5 Å². The third-order valence-corrected chi connectivity index (χ3v) is 7.41. The molecule has 1 aliphatic heterocycles. The number of methoxy groups -OCH3 is 1. The Balaban J connectivity index is 1.57. The summed E-state index contributed by atoms with van der Waals surface area (Å²) < 4.78 is 11.6. The Bertz CT molecular complexity index is 771. The third-order valence-electron chi connectivity index (χ3n) is 4.30. The second-order valence-electron chi connectivity index (χ2n) is 6.60. The molecule has 1 fully saturated rings. The molecule has 1 saturated heterocycles. The van der Waals surface area contributed by atoms with Gasteiger partial charge in [0.2, 0.25) is 0 Å². The number of rotatable bonds is 7. The predicted octanol–water partition coefficient (Wildman–Crippen LogP) is 5.31. The van der Waals surface area contributed by atoms with E-state index in [0.717, 1.165) is 5.69 Å².